The zero-order valence-electron chi connectivity index (χ0n) is 17.7. The summed E-state index contributed by atoms with van der Waals surface area (Å²) >= 11 is 0. The highest BCUT2D eigenvalue weighted by atomic mass is 16.5. The van der Waals surface area contributed by atoms with Gasteiger partial charge in [-0.05, 0) is 50.1 Å². The molecule has 8 heteroatoms. The normalized spacial score (nSPS) is 15.5. The van der Waals surface area contributed by atoms with E-state index in [1.165, 1.54) is 0 Å². The molecule has 0 unspecified atom stereocenters. The predicted molar refractivity (Wildman–Crippen MR) is 114 cm³/mol. The van der Waals surface area contributed by atoms with E-state index in [-0.39, 0.29) is 18.9 Å². The molecule has 2 aromatic carbocycles. The highest BCUT2D eigenvalue weighted by Gasteiger charge is 2.36. The molecule has 1 saturated heterocycles. The number of benzene rings is 2. The highest BCUT2D eigenvalue weighted by Crippen LogP contribution is 2.19. The molecule has 8 nitrogen and oxygen atoms in total. The highest BCUT2D eigenvalue weighted by molar-refractivity contribution is 5.97. The molecule has 1 aliphatic heterocycles. The first kappa shape index (κ1) is 22.0. The first-order valence-corrected chi connectivity index (χ1v) is 9.94. The Hall–Kier alpha value is -3.68. The average Bonchev–Trinajstić information content (AvgIpc) is 3.09. The van der Waals surface area contributed by atoms with Crippen molar-refractivity contribution in [2.45, 2.75) is 27.2 Å². The number of ether oxygens (including phenoxy) is 1. The lowest BCUT2D eigenvalue weighted by Gasteiger charge is -2.17. The van der Waals surface area contributed by atoms with Gasteiger partial charge in [0, 0.05) is 17.7 Å². The van der Waals surface area contributed by atoms with E-state index < -0.39 is 30.3 Å². The number of rotatable bonds is 6. The van der Waals surface area contributed by atoms with Crippen molar-refractivity contribution in [3.8, 4) is 0 Å². The van der Waals surface area contributed by atoms with E-state index in [2.05, 4.69) is 10.7 Å². The van der Waals surface area contributed by atoms with Crippen molar-refractivity contribution in [2.75, 3.05) is 18.5 Å². The number of hydrazine groups is 1. The summed E-state index contributed by atoms with van der Waals surface area (Å²) in [5.41, 5.74) is 6.41. The van der Waals surface area contributed by atoms with Gasteiger partial charge in [-0.1, -0.05) is 29.8 Å². The van der Waals surface area contributed by atoms with Gasteiger partial charge in [-0.3, -0.25) is 29.6 Å². The summed E-state index contributed by atoms with van der Waals surface area (Å²) in [5, 5.41) is 3.83. The second-order valence-corrected chi connectivity index (χ2v) is 7.69. The van der Waals surface area contributed by atoms with Crippen molar-refractivity contribution in [2.24, 2.45) is 5.92 Å². The first-order chi connectivity index (χ1) is 14.7. The summed E-state index contributed by atoms with van der Waals surface area (Å²) in [6, 6.07) is 12.6. The van der Waals surface area contributed by atoms with Crippen molar-refractivity contribution in [3.63, 3.8) is 0 Å². The molecule has 3 rings (SSSR count). The Morgan fingerprint density at radius 2 is 1.81 bits per heavy atom. The molecule has 162 valence electrons. The van der Waals surface area contributed by atoms with Gasteiger partial charge in [0.25, 0.3) is 11.8 Å². The third-order valence-electron chi connectivity index (χ3n) is 4.99. The van der Waals surface area contributed by atoms with Crippen LogP contribution in [0.25, 0.3) is 0 Å². The lowest BCUT2D eigenvalue weighted by molar-refractivity contribution is -0.151. The Morgan fingerprint density at radius 3 is 2.55 bits per heavy atom. The van der Waals surface area contributed by atoms with E-state index in [0.717, 1.165) is 21.7 Å². The molecule has 0 radical (unpaired) electrons. The van der Waals surface area contributed by atoms with Crippen molar-refractivity contribution in [1.29, 1.82) is 0 Å². The van der Waals surface area contributed by atoms with Gasteiger partial charge in [-0.15, -0.1) is 0 Å². The fraction of sp³-hybridized carbons (Fsp3) is 0.304. The van der Waals surface area contributed by atoms with Gasteiger partial charge in [-0.2, -0.15) is 0 Å². The third-order valence-corrected chi connectivity index (χ3v) is 4.99. The molecule has 0 aliphatic carbocycles. The van der Waals surface area contributed by atoms with Crippen LogP contribution in [0.5, 0.6) is 0 Å². The maximum Gasteiger partial charge on any atom is 0.311 e. The monoisotopic (exact) mass is 423 g/mol. The molecular formula is C23H25N3O5. The number of nitrogens with zero attached hydrogens (tertiary/aromatic N) is 1. The maximum atomic E-state index is 12.3. The van der Waals surface area contributed by atoms with E-state index >= 15 is 0 Å². The fourth-order valence-corrected chi connectivity index (χ4v) is 3.26. The average molecular weight is 423 g/mol. The standard InChI is InChI=1S/C23H25N3O5/c1-14-5-4-6-17(9-14)22(29)25-26-12-18(11-21(26)28)23(30)31-13-20(27)24-19-10-15(2)7-8-16(19)3/h4-10,18H,11-13H2,1-3H3,(H,24,27)(H,25,29)/t18-/m0/s1. The minimum Gasteiger partial charge on any atom is -0.455 e. The van der Waals surface area contributed by atoms with Gasteiger partial charge in [-0.25, -0.2) is 0 Å². The van der Waals surface area contributed by atoms with Crippen LogP contribution in [0.4, 0.5) is 5.69 Å². The molecule has 2 N–H and O–H groups in total. The Morgan fingerprint density at radius 1 is 1.06 bits per heavy atom. The Labute approximate surface area is 180 Å². The third kappa shape index (κ3) is 5.69. The summed E-state index contributed by atoms with van der Waals surface area (Å²) in [5.74, 6) is -2.69. The number of anilines is 1. The topological polar surface area (TPSA) is 105 Å². The van der Waals surface area contributed by atoms with E-state index in [1.54, 1.807) is 18.2 Å². The maximum absolute atomic E-state index is 12.3. The molecule has 1 aliphatic rings. The number of nitrogens with one attached hydrogen (secondary N) is 2. The molecule has 2 aromatic rings. The lowest BCUT2D eigenvalue weighted by Crippen LogP contribution is -2.43. The van der Waals surface area contributed by atoms with Gasteiger partial charge in [0.2, 0.25) is 5.91 Å². The number of carbonyl (C=O) groups excluding carboxylic acids is 4. The Balaban J connectivity index is 1.50. The van der Waals surface area contributed by atoms with Crippen LogP contribution in [0.3, 0.4) is 0 Å². The number of carbonyl (C=O) groups is 4. The number of aryl methyl sites for hydroxylation is 3. The fourth-order valence-electron chi connectivity index (χ4n) is 3.26. The summed E-state index contributed by atoms with van der Waals surface area (Å²) in [6.45, 7) is 5.18. The molecule has 0 aromatic heterocycles. The van der Waals surface area contributed by atoms with Crippen LogP contribution >= 0.6 is 0 Å². The van der Waals surface area contributed by atoms with E-state index in [9.17, 15) is 19.2 Å². The van der Waals surface area contributed by atoms with Gasteiger partial charge >= 0.3 is 5.97 Å². The van der Waals surface area contributed by atoms with Crippen LogP contribution in [0, 0.1) is 26.7 Å². The van der Waals surface area contributed by atoms with Crippen molar-refractivity contribution >= 4 is 29.4 Å². The molecule has 1 heterocycles. The summed E-state index contributed by atoms with van der Waals surface area (Å²) in [6.07, 6.45) is -0.0917. The molecule has 31 heavy (non-hydrogen) atoms. The zero-order valence-corrected chi connectivity index (χ0v) is 17.7. The minimum atomic E-state index is -0.751. The van der Waals surface area contributed by atoms with Crippen molar-refractivity contribution in [1.82, 2.24) is 10.4 Å². The second-order valence-electron chi connectivity index (χ2n) is 7.69. The van der Waals surface area contributed by atoms with E-state index in [0.29, 0.717) is 11.3 Å². The van der Waals surface area contributed by atoms with Crippen LogP contribution < -0.4 is 10.7 Å². The largest absolute Gasteiger partial charge is 0.455 e. The first-order valence-electron chi connectivity index (χ1n) is 9.94. The van der Waals surface area contributed by atoms with Gasteiger partial charge in [0.1, 0.15) is 0 Å². The molecule has 1 fully saturated rings. The van der Waals surface area contributed by atoms with E-state index in [1.807, 2.05) is 45.0 Å². The van der Waals surface area contributed by atoms with Crippen molar-refractivity contribution < 1.29 is 23.9 Å². The van der Waals surface area contributed by atoms with Gasteiger partial charge in [0.05, 0.1) is 12.5 Å². The second kappa shape index (κ2) is 9.42. The SMILES string of the molecule is Cc1cccc(C(=O)NN2C[C@@H](C(=O)OCC(=O)Nc3cc(C)ccc3C)CC2=O)c1. The molecule has 0 spiro atoms. The number of hydrogen-bond donors (Lipinski definition) is 2. The van der Waals surface area contributed by atoms with Crippen molar-refractivity contribution in [3.05, 3.63) is 64.7 Å². The Kier molecular flexibility index (Phi) is 6.69. The lowest BCUT2D eigenvalue weighted by atomic mass is 10.1. The zero-order chi connectivity index (χ0) is 22.5. The molecule has 1 atom stereocenters. The van der Waals surface area contributed by atoms with Crippen LogP contribution in [0.2, 0.25) is 0 Å². The minimum absolute atomic E-state index is 0.00612. The molecule has 0 saturated carbocycles. The van der Waals surface area contributed by atoms with Crippen LogP contribution in [-0.2, 0) is 19.1 Å². The van der Waals surface area contributed by atoms with Gasteiger partial charge < -0.3 is 10.1 Å². The molecular weight excluding hydrogens is 398 g/mol. The van der Waals surface area contributed by atoms with Gasteiger partial charge in [0.15, 0.2) is 6.61 Å². The summed E-state index contributed by atoms with van der Waals surface area (Å²) in [7, 11) is 0. The number of hydrogen-bond acceptors (Lipinski definition) is 5. The smallest absolute Gasteiger partial charge is 0.311 e. The Bertz CT molecular complexity index is 1030. The summed E-state index contributed by atoms with van der Waals surface area (Å²) in [4.78, 5) is 49.0. The molecule has 3 amide bonds. The van der Waals surface area contributed by atoms with Crippen LogP contribution in [0.15, 0.2) is 42.5 Å². The van der Waals surface area contributed by atoms with Crippen LogP contribution in [0.1, 0.15) is 33.5 Å². The predicted octanol–water partition coefficient (Wildman–Crippen LogP) is 2.29. The number of esters is 1. The quantitative estimate of drug-likeness (QED) is 0.694. The molecule has 0 bridgehead atoms. The van der Waals surface area contributed by atoms with Crippen LogP contribution in [-0.4, -0.2) is 41.9 Å². The van der Waals surface area contributed by atoms with E-state index in [4.69, 9.17) is 4.74 Å². The summed E-state index contributed by atoms with van der Waals surface area (Å²) < 4.78 is 5.09. The number of amides is 3.